The molecule has 2 aliphatic heterocycles. The average molecular weight is 719 g/mol. The molecule has 2 heterocycles. The van der Waals surface area contributed by atoms with Crippen molar-refractivity contribution in [3.05, 3.63) is 182 Å². The van der Waals surface area contributed by atoms with E-state index in [9.17, 15) is 0 Å². The second-order valence-electron chi connectivity index (χ2n) is 14.3. The maximum atomic E-state index is 2.36. The molecule has 0 saturated carbocycles. The van der Waals surface area contributed by atoms with Crippen molar-refractivity contribution in [2.75, 3.05) is 0 Å². The predicted molar refractivity (Wildman–Crippen MR) is 232 cm³/mol. The summed E-state index contributed by atoms with van der Waals surface area (Å²) in [5.74, 6) is 0. The molecule has 0 saturated heterocycles. The molecule has 2 aliphatic rings. The number of hydrogen-bond donors (Lipinski definition) is 0. The van der Waals surface area contributed by atoms with Gasteiger partial charge in [-0.15, -0.1) is 0 Å². The predicted octanol–water partition coefficient (Wildman–Crippen LogP) is 15.6. The summed E-state index contributed by atoms with van der Waals surface area (Å²) in [5.41, 5.74) is 12.9. The van der Waals surface area contributed by atoms with Crippen LogP contribution >= 0.6 is 23.5 Å². The van der Waals surface area contributed by atoms with Crippen molar-refractivity contribution in [3.63, 3.8) is 0 Å². The van der Waals surface area contributed by atoms with Crippen molar-refractivity contribution in [1.29, 1.82) is 0 Å². The van der Waals surface area contributed by atoms with E-state index in [1.807, 2.05) is 23.5 Å². The van der Waals surface area contributed by atoms with Gasteiger partial charge in [-0.3, -0.25) is 0 Å². The van der Waals surface area contributed by atoms with Gasteiger partial charge in [0.1, 0.15) is 0 Å². The summed E-state index contributed by atoms with van der Waals surface area (Å²) in [6, 6.07) is 67.9. The summed E-state index contributed by atoms with van der Waals surface area (Å²) in [4.78, 5) is 5.31. The highest BCUT2D eigenvalue weighted by atomic mass is 32.2. The zero-order chi connectivity index (χ0) is 35.3. The summed E-state index contributed by atoms with van der Waals surface area (Å²) in [7, 11) is 0. The summed E-state index contributed by atoms with van der Waals surface area (Å²) in [5, 5.41) is 10.4. The van der Waals surface area contributed by atoms with E-state index in [1.165, 1.54) is 118 Å². The lowest BCUT2D eigenvalue weighted by Crippen LogP contribution is -1.95. The zero-order valence-electron chi connectivity index (χ0n) is 29.1. The van der Waals surface area contributed by atoms with Gasteiger partial charge in [0, 0.05) is 30.4 Å². The van der Waals surface area contributed by atoms with Crippen molar-refractivity contribution >= 4 is 66.6 Å². The van der Waals surface area contributed by atoms with Crippen LogP contribution in [0.25, 0.3) is 98.7 Å². The minimum atomic E-state index is 1.26. The van der Waals surface area contributed by atoms with Gasteiger partial charge in [0.15, 0.2) is 0 Å². The van der Waals surface area contributed by atoms with Crippen LogP contribution in [-0.4, -0.2) is 0 Å². The topological polar surface area (TPSA) is 0 Å². The molecule has 0 bridgehead atoms. The van der Waals surface area contributed by atoms with Crippen LogP contribution in [0, 0.1) is 0 Å². The molecule has 0 atom stereocenters. The maximum Gasteiger partial charge on any atom is 0.0207 e. The van der Waals surface area contributed by atoms with Gasteiger partial charge in [0.2, 0.25) is 0 Å². The van der Waals surface area contributed by atoms with Gasteiger partial charge >= 0.3 is 0 Å². The molecule has 0 aliphatic carbocycles. The fourth-order valence-corrected chi connectivity index (χ4v) is 11.4. The summed E-state index contributed by atoms with van der Waals surface area (Å²) in [6.45, 7) is 0. The average Bonchev–Trinajstić information content (AvgIpc) is 3.23. The highest BCUT2D eigenvalue weighted by molar-refractivity contribution is 8.00. The van der Waals surface area contributed by atoms with Crippen molar-refractivity contribution in [2.45, 2.75) is 19.6 Å². The lowest BCUT2D eigenvalue weighted by molar-refractivity contribution is 1.40. The molecule has 0 amide bonds. The van der Waals surface area contributed by atoms with Crippen LogP contribution in [0.1, 0.15) is 0 Å². The standard InChI is InChI=1S/C52H30S2/c1-3-13-33-31(11-1)35(23-25-37(33)39-27-29-45-41-15-5-7-19-47(41)53-49-21-9-17-43(39)51(45)49)36-24-26-38(34-14-4-2-12-32(34)36)40-28-30-46-42-16-6-8-20-48(42)54-50-22-10-18-44(40)52(46)50/h1-30H. The number of hydrogen-bond acceptors (Lipinski definition) is 2. The van der Waals surface area contributed by atoms with Crippen LogP contribution in [0.2, 0.25) is 0 Å². The molecular weight excluding hydrogens is 689 g/mol. The third kappa shape index (κ3) is 4.36. The van der Waals surface area contributed by atoms with E-state index in [-0.39, 0.29) is 0 Å². The summed E-state index contributed by atoms with van der Waals surface area (Å²) < 4.78 is 0. The monoisotopic (exact) mass is 718 g/mol. The third-order valence-corrected chi connectivity index (χ3v) is 13.8. The fraction of sp³-hybridized carbons (Fsp3) is 0. The van der Waals surface area contributed by atoms with E-state index in [1.54, 1.807) is 0 Å². The molecule has 0 spiro atoms. The van der Waals surface area contributed by atoms with Crippen molar-refractivity contribution < 1.29 is 0 Å². The molecule has 0 N–H and O–H groups in total. The third-order valence-electron chi connectivity index (χ3n) is 11.5. The Kier molecular flexibility index (Phi) is 6.60. The Morgan fingerprint density at radius 2 is 0.463 bits per heavy atom. The Morgan fingerprint density at radius 1 is 0.185 bits per heavy atom. The van der Waals surface area contributed by atoms with E-state index < -0.39 is 0 Å². The fourth-order valence-electron chi connectivity index (χ4n) is 9.17. The minimum Gasteiger partial charge on any atom is -0.0888 e. The maximum absolute atomic E-state index is 2.36. The van der Waals surface area contributed by atoms with Crippen LogP contribution in [-0.2, 0) is 0 Å². The molecule has 0 fully saturated rings. The van der Waals surface area contributed by atoms with Gasteiger partial charge < -0.3 is 0 Å². The van der Waals surface area contributed by atoms with E-state index in [0.29, 0.717) is 0 Å². The quantitative estimate of drug-likeness (QED) is 0.178. The van der Waals surface area contributed by atoms with Crippen LogP contribution in [0.15, 0.2) is 202 Å². The molecule has 10 aromatic rings. The lowest BCUT2D eigenvalue weighted by Gasteiger charge is -2.23. The van der Waals surface area contributed by atoms with E-state index >= 15 is 0 Å². The minimum absolute atomic E-state index is 1.26. The first-order chi connectivity index (χ1) is 26.8. The first-order valence-electron chi connectivity index (χ1n) is 18.5. The van der Waals surface area contributed by atoms with E-state index in [4.69, 9.17) is 0 Å². The largest absolute Gasteiger partial charge is 0.0888 e. The van der Waals surface area contributed by atoms with Gasteiger partial charge in [-0.25, -0.2) is 0 Å². The molecular formula is C52H30S2. The highest BCUT2D eigenvalue weighted by Crippen LogP contribution is 2.52. The first-order valence-corrected chi connectivity index (χ1v) is 20.1. The molecule has 0 unspecified atom stereocenters. The summed E-state index contributed by atoms with van der Waals surface area (Å²) in [6.07, 6.45) is 0. The molecule has 54 heavy (non-hydrogen) atoms. The first kappa shape index (κ1) is 30.4. The Balaban J connectivity index is 1.04. The van der Waals surface area contributed by atoms with Gasteiger partial charge in [0.25, 0.3) is 0 Å². The second kappa shape index (κ2) is 11.7. The normalized spacial score (nSPS) is 12.7. The van der Waals surface area contributed by atoms with Gasteiger partial charge in [-0.1, -0.05) is 181 Å². The molecule has 0 aromatic heterocycles. The van der Waals surface area contributed by atoms with E-state index in [0.717, 1.165) is 0 Å². The zero-order valence-corrected chi connectivity index (χ0v) is 30.8. The second-order valence-corrected chi connectivity index (χ2v) is 16.5. The van der Waals surface area contributed by atoms with Gasteiger partial charge in [-0.05, 0) is 112 Å². The van der Waals surface area contributed by atoms with Gasteiger partial charge in [0.05, 0.1) is 0 Å². The summed E-state index contributed by atoms with van der Waals surface area (Å²) >= 11 is 3.77. The lowest BCUT2D eigenvalue weighted by atomic mass is 9.85. The highest BCUT2D eigenvalue weighted by Gasteiger charge is 2.23. The number of benzene rings is 10. The van der Waals surface area contributed by atoms with Crippen LogP contribution in [0.3, 0.4) is 0 Å². The van der Waals surface area contributed by atoms with Crippen molar-refractivity contribution in [2.24, 2.45) is 0 Å². The number of rotatable bonds is 3. The smallest absolute Gasteiger partial charge is 0.0207 e. The van der Waals surface area contributed by atoms with Crippen LogP contribution in [0.5, 0.6) is 0 Å². The SMILES string of the molecule is c1ccc2c(c1)Sc1cccc3c(-c4ccc(-c5ccc(-c6ccc7c8c(cccc68)Sc6ccccc6-7)c6ccccc56)c5ccccc45)ccc-2c13. The molecule has 250 valence electrons. The molecule has 2 heteroatoms. The Morgan fingerprint density at radius 3 is 0.852 bits per heavy atom. The Hall–Kier alpha value is -6.06. The molecule has 0 radical (unpaired) electrons. The molecule has 12 rings (SSSR count). The molecule has 0 nitrogen and oxygen atoms in total. The Labute approximate surface area is 322 Å². The van der Waals surface area contributed by atoms with Gasteiger partial charge in [-0.2, -0.15) is 0 Å². The van der Waals surface area contributed by atoms with Crippen LogP contribution in [0.4, 0.5) is 0 Å². The van der Waals surface area contributed by atoms with Crippen molar-refractivity contribution in [3.8, 4) is 55.6 Å². The number of fused-ring (bicyclic) bond motifs is 6. The molecule has 10 aromatic carbocycles. The Bertz CT molecular complexity index is 3010. The van der Waals surface area contributed by atoms with Crippen LogP contribution < -0.4 is 0 Å². The van der Waals surface area contributed by atoms with Crippen molar-refractivity contribution in [1.82, 2.24) is 0 Å². The van der Waals surface area contributed by atoms with E-state index in [2.05, 4.69) is 182 Å².